The predicted molar refractivity (Wildman–Crippen MR) is 170 cm³/mol. The average Bonchev–Trinajstić information content (AvgIpc) is 3.70. The molecule has 0 radical (unpaired) electrons. The fourth-order valence-corrected chi connectivity index (χ4v) is 5.83. The molecule has 0 aliphatic heterocycles. The Kier molecular flexibility index (Phi) is 7.84. The summed E-state index contributed by atoms with van der Waals surface area (Å²) in [6.45, 7) is 8.76. The Morgan fingerprint density at radius 2 is 1.89 bits per heavy atom. The highest BCUT2D eigenvalue weighted by atomic mass is 35.5. The summed E-state index contributed by atoms with van der Waals surface area (Å²) < 4.78 is 43.0. The number of hydrogen-bond donors (Lipinski definition) is 2. The highest BCUT2D eigenvalue weighted by Crippen LogP contribution is 2.55. The number of rotatable bonds is 8. The summed E-state index contributed by atoms with van der Waals surface area (Å²) in [5, 5.41) is 33.9. The molecule has 0 saturated heterocycles. The number of nitriles is 1. The Morgan fingerprint density at radius 3 is 2.54 bits per heavy atom. The molecule has 9 nitrogen and oxygen atoms in total. The van der Waals surface area contributed by atoms with Crippen LogP contribution in [0.2, 0.25) is 5.02 Å². The lowest BCUT2D eigenvalue weighted by molar-refractivity contribution is -0.182. The standard InChI is InChI=1S/C33H31ClF3N9/c1-19-23(20-8-11-41-42-16-20)6-5-7-24(19)30(27-17-46(45-44-27)32(9-10-32)33(35,36)37)43-22-12-25-28(40-18-31(2,3)4)21(14-38)15-39-29(25)26(34)13-22/h5-8,11-13,15-17,30,43H,9-10,18H2,1-4H3,(H,39,40)/t30-/m0/s1. The number of fused-ring (bicyclic) bond motifs is 1. The molecule has 2 N–H and O–H groups in total. The number of nitrogens with zero attached hydrogens (tertiary/aromatic N) is 7. The zero-order valence-electron chi connectivity index (χ0n) is 25.6. The van der Waals surface area contributed by atoms with Gasteiger partial charge in [-0.3, -0.25) is 4.98 Å². The minimum atomic E-state index is -4.46. The van der Waals surface area contributed by atoms with Crippen LogP contribution in [-0.2, 0) is 5.54 Å². The van der Waals surface area contributed by atoms with E-state index in [1.165, 1.54) is 12.4 Å². The number of nitrogens with one attached hydrogen (secondary N) is 2. The van der Waals surface area contributed by atoms with E-state index in [2.05, 4.69) is 63.0 Å². The van der Waals surface area contributed by atoms with E-state index in [9.17, 15) is 18.4 Å². The molecule has 3 aromatic heterocycles. The van der Waals surface area contributed by atoms with Gasteiger partial charge in [0.2, 0.25) is 0 Å². The van der Waals surface area contributed by atoms with Gasteiger partial charge < -0.3 is 10.6 Å². The van der Waals surface area contributed by atoms with Gasteiger partial charge in [-0.2, -0.15) is 28.6 Å². The lowest BCUT2D eigenvalue weighted by Crippen LogP contribution is -2.35. The van der Waals surface area contributed by atoms with Gasteiger partial charge in [0.25, 0.3) is 0 Å². The molecular formula is C33H31ClF3N9. The second kappa shape index (κ2) is 11.6. The first kappa shape index (κ1) is 31.2. The Hall–Kier alpha value is -4.76. The molecule has 2 aromatic carbocycles. The molecule has 236 valence electrons. The summed E-state index contributed by atoms with van der Waals surface area (Å²) in [7, 11) is 0. The van der Waals surface area contributed by atoms with Gasteiger partial charge in [-0.15, -0.1) is 5.10 Å². The second-order valence-corrected chi connectivity index (χ2v) is 13.2. The van der Waals surface area contributed by atoms with Gasteiger partial charge in [0, 0.05) is 29.4 Å². The quantitative estimate of drug-likeness (QED) is 0.175. The van der Waals surface area contributed by atoms with Crippen molar-refractivity contribution in [3.8, 4) is 17.2 Å². The van der Waals surface area contributed by atoms with E-state index < -0.39 is 17.8 Å². The molecule has 0 bridgehead atoms. The van der Waals surface area contributed by atoms with E-state index in [0.29, 0.717) is 45.1 Å². The van der Waals surface area contributed by atoms with Crippen molar-refractivity contribution < 1.29 is 13.2 Å². The van der Waals surface area contributed by atoms with Gasteiger partial charge in [0.05, 0.1) is 46.4 Å². The van der Waals surface area contributed by atoms with Crippen LogP contribution < -0.4 is 10.6 Å². The lowest BCUT2D eigenvalue weighted by Gasteiger charge is -2.24. The maximum absolute atomic E-state index is 14.0. The second-order valence-electron chi connectivity index (χ2n) is 12.8. The number of anilines is 2. The van der Waals surface area contributed by atoms with E-state index in [1.54, 1.807) is 18.5 Å². The fraction of sp³-hybridized carbons (Fsp3) is 0.333. The summed E-state index contributed by atoms with van der Waals surface area (Å²) in [5.41, 5.74) is 3.54. The zero-order valence-corrected chi connectivity index (χ0v) is 26.4. The Morgan fingerprint density at radius 1 is 1.11 bits per heavy atom. The Balaban J connectivity index is 1.49. The highest BCUT2D eigenvalue weighted by Gasteiger charge is 2.66. The zero-order chi connectivity index (χ0) is 32.9. The number of aromatic nitrogens is 6. The molecule has 1 fully saturated rings. The molecule has 0 spiro atoms. The third-order valence-electron chi connectivity index (χ3n) is 8.23. The van der Waals surface area contributed by atoms with E-state index in [1.807, 2.05) is 37.3 Å². The van der Waals surface area contributed by atoms with Gasteiger partial charge >= 0.3 is 6.18 Å². The van der Waals surface area contributed by atoms with Crippen LogP contribution in [0.5, 0.6) is 0 Å². The van der Waals surface area contributed by atoms with Crippen LogP contribution in [0.3, 0.4) is 0 Å². The molecule has 1 aliphatic rings. The van der Waals surface area contributed by atoms with Crippen molar-refractivity contribution >= 4 is 33.9 Å². The molecule has 0 unspecified atom stereocenters. The van der Waals surface area contributed by atoms with Gasteiger partial charge in [0.15, 0.2) is 5.54 Å². The fourth-order valence-electron chi connectivity index (χ4n) is 5.56. The third kappa shape index (κ3) is 5.83. The molecule has 1 aliphatic carbocycles. The van der Waals surface area contributed by atoms with Crippen molar-refractivity contribution in [1.29, 1.82) is 5.26 Å². The molecule has 0 amide bonds. The molecular weight excluding hydrogens is 615 g/mol. The van der Waals surface area contributed by atoms with Crippen LogP contribution in [0, 0.1) is 23.7 Å². The largest absolute Gasteiger partial charge is 0.413 e. The summed E-state index contributed by atoms with van der Waals surface area (Å²) in [6.07, 6.45) is 1.54. The summed E-state index contributed by atoms with van der Waals surface area (Å²) in [6, 6.07) is 12.6. The number of alkyl halides is 3. The molecule has 3 heterocycles. The van der Waals surface area contributed by atoms with Crippen molar-refractivity contribution in [1.82, 2.24) is 30.2 Å². The lowest BCUT2D eigenvalue weighted by atomic mass is 9.92. The SMILES string of the molecule is Cc1c(-c2ccnnc2)cccc1[C@H](Nc1cc(Cl)c2ncc(C#N)c(NCC(C)(C)C)c2c1)c1cn(C2(C(F)(F)F)CC2)nn1. The van der Waals surface area contributed by atoms with Gasteiger partial charge in [-0.1, -0.05) is 55.8 Å². The minimum absolute atomic E-state index is 0.0558. The van der Waals surface area contributed by atoms with Crippen LogP contribution in [0.1, 0.15) is 62.0 Å². The normalized spacial score (nSPS) is 14.9. The van der Waals surface area contributed by atoms with Crippen molar-refractivity contribution in [2.75, 3.05) is 17.2 Å². The number of benzene rings is 2. The van der Waals surface area contributed by atoms with Gasteiger partial charge in [0.1, 0.15) is 11.8 Å². The Labute approximate surface area is 268 Å². The molecule has 1 saturated carbocycles. The molecule has 5 aromatic rings. The molecule has 13 heteroatoms. The van der Waals surface area contributed by atoms with Gasteiger partial charge in [-0.25, -0.2) is 4.68 Å². The molecule has 6 rings (SSSR count). The van der Waals surface area contributed by atoms with Crippen molar-refractivity contribution in [3.63, 3.8) is 0 Å². The first-order chi connectivity index (χ1) is 21.8. The summed E-state index contributed by atoms with van der Waals surface area (Å²) in [4.78, 5) is 4.45. The number of halogens is 4. The van der Waals surface area contributed by atoms with E-state index in [-0.39, 0.29) is 18.3 Å². The van der Waals surface area contributed by atoms with Crippen molar-refractivity contribution in [2.24, 2.45) is 5.41 Å². The van der Waals surface area contributed by atoms with Crippen LogP contribution in [-0.4, -0.2) is 42.9 Å². The van der Waals surface area contributed by atoms with Crippen LogP contribution in [0.15, 0.2) is 61.2 Å². The first-order valence-corrected chi connectivity index (χ1v) is 15.1. The average molecular weight is 646 g/mol. The number of pyridine rings is 1. The smallest absolute Gasteiger partial charge is 0.383 e. The van der Waals surface area contributed by atoms with Crippen LogP contribution in [0.4, 0.5) is 24.5 Å². The monoisotopic (exact) mass is 645 g/mol. The van der Waals surface area contributed by atoms with Crippen molar-refractivity contribution in [3.05, 3.63) is 88.6 Å². The van der Waals surface area contributed by atoms with E-state index in [0.717, 1.165) is 26.9 Å². The summed E-state index contributed by atoms with van der Waals surface area (Å²) >= 11 is 6.77. The Bertz CT molecular complexity index is 1960. The predicted octanol–water partition coefficient (Wildman–Crippen LogP) is 7.83. The van der Waals surface area contributed by atoms with Crippen LogP contribution in [0.25, 0.3) is 22.0 Å². The molecule has 46 heavy (non-hydrogen) atoms. The highest BCUT2D eigenvalue weighted by molar-refractivity contribution is 6.35. The van der Waals surface area contributed by atoms with E-state index >= 15 is 0 Å². The first-order valence-electron chi connectivity index (χ1n) is 14.7. The van der Waals surface area contributed by atoms with E-state index in [4.69, 9.17) is 11.6 Å². The minimum Gasteiger partial charge on any atom is -0.383 e. The van der Waals surface area contributed by atoms with Gasteiger partial charge in [-0.05, 0) is 60.1 Å². The number of hydrogen-bond acceptors (Lipinski definition) is 8. The maximum Gasteiger partial charge on any atom is 0.413 e. The third-order valence-corrected chi connectivity index (χ3v) is 8.52. The van der Waals surface area contributed by atoms with Crippen molar-refractivity contribution in [2.45, 2.75) is 58.3 Å². The summed E-state index contributed by atoms with van der Waals surface area (Å²) in [5.74, 6) is 0. The topological polar surface area (TPSA) is 117 Å². The van der Waals surface area contributed by atoms with Crippen LogP contribution >= 0.6 is 11.6 Å². The molecule has 1 atom stereocenters. The maximum atomic E-state index is 14.0.